The molecule has 0 aliphatic heterocycles. The van der Waals surface area contributed by atoms with Crippen LogP contribution in [-0.2, 0) is 6.54 Å². The first-order chi connectivity index (χ1) is 8.19. The number of rotatable bonds is 3. The second kappa shape index (κ2) is 4.93. The molecule has 2 rings (SSSR count). The first kappa shape index (κ1) is 11.5. The average molecular weight is 235 g/mol. The maximum Gasteiger partial charge on any atom is 0.132 e. The minimum atomic E-state index is -0.364. The van der Waals surface area contributed by atoms with Crippen LogP contribution in [-0.4, -0.2) is 0 Å². The fourth-order valence-electron chi connectivity index (χ4n) is 1.44. The summed E-state index contributed by atoms with van der Waals surface area (Å²) < 4.78 is 31.2. The first-order valence-corrected chi connectivity index (χ1v) is 5.11. The third-order valence-electron chi connectivity index (χ3n) is 2.28. The lowest BCUT2D eigenvalue weighted by atomic mass is 10.2. The van der Waals surface area contributed by atoms with Crippen LogP contribution in [0.1, 0.15) is 5.56 Å². The largest absolute Gasteiger partial charge is 0.457 e. The van der Waals surface area contributed by atoms with E-state index in [-0.39, 0.29) is 18.2 Å². The Morgan fingerprint density at radius 1 is 0.941 bits per heavy atom. The molecule has 0 aliphatic carbocycles. The predicted octanol–water partition coefficient (Wildman–Crippen LogP) is 3.22. The predicted molar refractivity (Wildman–Crippen MR) is 60.8 cm³/mol. The number of nitrogens with two attached hydrogens (primary N) is 1. The molecule has 0 saturated carbocycles. The molecule has 2 N–H and O–H groups in total. The van der Waals surface area contributed by atoms with Gasteiger partial charge in [0.2, 0.25) is 0 Å². The van der Waals surface area contributed by atoms with Crippen LogP contribution in [0.3, 0.4) is 0 Å². The molecule has 0 aliphatic rings. The molecule has 88 valence electrons. The highest BCUT2D eigenvalue weighted by Gasteiger charge is 2.05. The summed E-state index contributed by atoms with van der Waals surface area (Å²) in [6, 6.07) is 9.69. The van der Waals surface area contributed by atoms with Crippen LogP contribution >= 0.6 is 0 Å². The van der Waals surface area contributed by atoms with Gasteiger partial charge in [-0.1, -0.05) is 0 Å². The van der Waals surface area contributed by atoms with Crippen molar-refractivity contribution in [2.75, 3.05) is 0 Å². The summed E-state index contributed by atoms with van der Waals surface area (Å²) >= 11 is 0. The molecule has 0 radical (unpaired) electrons. The maximum atomic E-state index is 13.0. The Morgan fingerprint density at radius 3 is 2.24 bits per heavy atom. The highest BCUT2D eigenvalue weighted by atomic mass is 19.1. The van der Waals surface area contributed by atoms with Crippen molar-refractivity contribution in [2.24, 2.45) is 5.73 Å². The van der Waals surface area contributed by atoms with E-state index in [1.54, 1.807) is 0 Å². The first-order valence-electron chi connectivity index (χ1n) is 5.11. The molecular formula is C13H11F2NO. The zero-order chi connectivity index (χ0) is 12.3. The molecule has 2 aromatic rings. The van der Waals surface area contributed by atoms with Gasteiger partial charge in [-0.15, -0.1) is 0 Å². The second-order valence-corrected chi connectivity index (χ2v) is 3.51. The Balaban J connectivity index is 2.26. The van der Waals surface area contributed by atoms with E-state index in [9.17, 15) is 8.78 Å². The number of benzene rings is 2. The average Bonchev–Trinajstić information content (AvgIpc) is 2.34. The van der Waals surface area contributed by atoms with E-state index in [1.165, 1.54) is 42.5 Å². The summed E-state index contributed by atoms with van der Waals surface area (Å²) in [6.45, 7) is 0.175. The lowest BCUT2D eigenvalue weighted by Gasteiger charge is -2.09. The Bertz CT molecular complexity index is 511. The maximum absolute atomic E-state index is 13.0. The van der Waals surface area contributed by atoms with Gasteiger partial charge in [0.1, 0.15) is 23.1 Å². The number of ether oxygens (including phenoxy) is 1. The van der Waals surface area contributed by atoms with Gasteiger partial charge < -0.3 is 10.5 Å². The van der Waals surface area contributed by atoms with Crippen LogP contribution in [0.25, 0.3) is 0 Å². The van der Waals surface area contributed by atoms with E-state index in [0.29, 0.717) is 17.1 Å². The highest BCUT2D eigenvalue weighted by molar-refractivity contribution is 5.38. The molecule has 2 nitrogen and oxygen atoms in total. The normalized spacial score (nSPS) is 10.3. The number of hydrogen-bond acceptors (Lipinski definition) is 2. The van der Waals surface area contributed by atoms with Crippen molar-refractivity contribution in [3.8, 4) is 11.5 Å². The fourth-order valence-corrected chi connectivity index (χ4v) is 1.44. The Morgan fingerprint density at radius 2 is 1.59 bits per heavy atom. The zero-order valence-electron chi connectivity index (χ0n) is 8.99. The van der Waals surface area contributed by atoms with Crippen LogP contribution in [0.4, 0.5) is 8.78 Å². The van der Waals surface area contributed by atoms with Crippen molar-refractivity contribution in [1.82, 2.24) is 0 Å². The fraction of sp³-hybridized carbons (Fsp3) is 0.0769. The quantitative estimate of drug-likeness (QED) is 0.886. The summed E-state index contributed by atoms with van der Waals surface area (Å²) in [4.78, 5) is 0. The van der Waals surface area contributed by atoms with Gasteiger partial charge in [-0.3, -0.25) is 0 Å². The van der Waals surface area contributed by atoms with Crippen molar-refractivity contribution in [1.29, 1.82) is 0 Å². The summed E-state index contributed by atoms with van der Waals surface area (Å²) in [7, 11) is 0. The van der Waals surface area contributed by atoms with Gasteiger partial charge in [-0.2, -0.15) is 0 Å². The van der Waals surface area contributed by atoms with Crippen molar-refractivity contribution in [3.05, 3.63) is 59.7 Å². The van der Waals surface area contributed by atoms with E-state index in [1.807, 2.05) is 0 Å². The standard InChI is InChI=1S/C13H11F2NO/c14-10-1-4-12(5-2-10)17-13-6-3-11(15)7-9(13)8-16/h1-7H,8,16H2. The topological polar surface area (TPSA) is 35.2 Å². The molecule has 0 spiro atoms. The third kappa shape index (κ3) is 2.79. The van der Waals surface area contributed by atoms with E-state index < -0.39 is 0 Å². The van der Waals surface area contributed by atoms with Gasteiger partial charge in [0, 0.05) is 12.1 Å². The molecule has 0 unspecified atom stereocenters. The van der Waals surface area contributed by atoms with Crippen LogP contribution in [0, 0.1) is 11.6 Å². The van der Waals surface area contributed by atoms with E-state index in [2.05, 4.69) is 0 Å². The van der Waals surface area contributed by atoms with Crippen LogP contribution in [0.2, 0.25) is 0 Å². The molecule has 0 heterocycles. The van der Waals surface area contributed by atoms with Gasteiger partial charge >= 0.3 is 0 Å². The third-order valence-corrected chi connectivity index (χ3v) is 2.28. The molecule has 4 heteroatoms. The van der Waals surface area contributed by atoms with Crippen LogP contribution < -0.4 is 10.5 Å². The van der Waals surface area contributed by atoms with Crippen LogP contribution in [0.15, 0.2) is 42.5 Å². The lowest BCUT2D eigenvalue weighted by Crippen LogP contribution is -2.00. The van der Waals surface area contributed by atoms with Crippen molar-refractivity contribution < 1.29 is 13.5 Å². The minimum absolute atomic E-state index is 0.175. The number of halogens is 2. The molecule has 0 saturated heterocycles. The van der Waals surface area contributed by atoms with E-state index in [0.717, 1.165) is 0 Å². The van der Waals surface area contributed by atoms with Gasteiger partial charge in [0.25, 0.3) is 0 Å². The smallest absolute Gasteiger partial charge is 0.132 e. The van der Waals surface area contributed by atoms with Crippen molar-refractivity contribution in [2.45, 2.75) is 6.54 Å². The molecule has 0 bridgehead atoms. The number of hydrogen-bond donors (Lipinski definition) is 1. The Hall–Kier alpha value is -1.94. The van der Waals surface area contributed by atoms with E-state index in [4.69, 9.17) is 10.5 Å². The van der Waals surface area contributed by atoms with Gasteiger partial charge in [-0.05, 0) is 42.5 Å². The van der Waals surface area contributed by atoms with Gasteiger partial charge in [-0.25, -0.2) is 8.78 Å². The molecule has 2 aromatic carbocycles. The minimum Gasteiger partial charge on any atom is -0.457 e. The van der Waals surface area contributed by atoms with Crippen molar-refractivity contribution in [3.63, 3.8) is 0 Å². The van der Waals surface area contributed by atoms with Crippen molar-refractivity contribution >= 4 is 0 Å². The summed E-state index contributed by atoms with van der Waals surface area (Å²) in [5.41, 5.74) is 6.05. The molecule has 17 heavy (non-hydrogen) atoms. The van der Waals surface area contributed by atoms with Crippen LogP contribution in [0.5, 0.6) is 11.5 Å². The summed E-state index contributed by atoms with van der Waals surface area (Å²) in [5, 5.41) is 0. The molecule has 0 fully saturated rings. The Labute approximate surface area is 97.6 Å². The lowest BCUT2D eigenvalue weighted by molar-refractivity contribution is 0.472. The van der Waals surface area contributed by atoms with Gasteiger partial charge in [0.15, 0.2) is 0 Å². The molecule has 0 atom stereocenters. The molecule has 0 amide bonds. The van der Waals surface area contributed by atoms with E-state index >= 15 is 0 Å². The Kier molecular flexibility index (Phi) is 3.35. The monoisotopic (exact) mass is 235 g/mol. The van der Waals surface area contributed by atoms with Gasteiger partial charge in [0.05, 0.1) is 0 Å². The zero-order valence-corrected chi connectivity index (χ0v) is 8.99. The molecule has 0 aromatic heterocycles. The molecular weight excluding hydrogens is 224 g/mol. The second-order valence-electron chi connectivity index (χ2n) is 3.51. The SMILES string of the molecule is NCc1cc(F)ccc1Oc1ccc(F)cc1. The summed E-state index contributed by atoms with van der Waals surface area (Å²) in [6.07, 6.45) is 0. The summed E-state index contributed by atoms with van der Waals surface area (Å²) in [5.74, 6) is 0.251. The highest BCUT2D eigenvalue weighted by Crippen LogP contribution is 2.25.